The molecule has 2 aliphatic heterocycles. The zero-order chi connectivity index (χ0) is 15.9. The minimum atomic E-state index is 0.0703. The average Bonchev–Trinajstić information content (AvgIpc) is 3.13. The number of aryl methyl sites for hydroxylation is 1. The Bertz CT molecular complexity index is 712. The molecule has 2 aromatic heterocycles. The summed E-state index contributed by atoms with van der Waals surface area (Å²) < 4.78 is 7.81. The monoisotopic (exact) mass is 330 g/mol. The summed E-state index contributed by atoms with van der Waals surface area (Å²) in [6, 6.07) is 3.81. The van der Waals surface area contributed by atoms with Crippen LogP contribution in [-0.4, -0.2) is 55.3 Å². The molecule has 2 saturated heterocycles. The summed E-state index contributed by atoms with van der Waals surface area (Å²) in [5, 5.41) is 4.06. The fraction of sp³-hybridized carbons (Fsp3) is 0.438. The number of carbonyl (C=O) groups excluding carboxylic acids is 1. The standard InChI is InChI=1S/C16H18N4O2S/c1-19-8-12(6-18-19)15(21)20-10-16(11-20)5-14(9-23-16)22-13-3-2-4-17-7-13/h2-4,6-8,14H,5,9-11H2,1H3. The predicted molar refractivity (Wildman–Crippen MR) is 87.6 cm³/mol. The van der Waals surface area contributed by atoms with Crippen LogP contribution >= 0.6 is 11.8 Å². The highest BCUT2D eigenvalue weighted by Crippen LogP contribution is 2.46. The number of pyridine rings is 1. The zero-order valence-corrected chi connectivity index (χ0v) is 13.7. The number of hydrogen-bond donors (Lipinski definition) is 0. The van der Waals surface area contributed by atoms with E-state index in [0.29, 0.717) is 5.56 Å². The van der Waals surface area contributed by atoms with E-state index in [1.165, 1.54) is 0 Å². The van der Waals surface area contributed by atoms with Crippen molar-refractivity contribution in [2.45, 2.75) is 17.3 Å². The van der Waals surface area contributed by atoms with Gasteiger partial charge in [0.05, 0.1) is 22.7 Å². The first-order chi connectivity index (χ1) is 11.1. The van der Waals surface area contributed by atoms with Gasteiger partial charge < -0.3 is 9.64 Å². The normalized spacial score (nSPS) is 22.1. The van der Waals surface area contributed by atoms with E-state index in [2.05, 4.69) is 10.1 Å². The SMILES string of the molecule is Cn1cc(C(=O)N2CC3(CC(Oc4cccnc4)CS3)C2)cn1. The Morgan fingerprint density at radius 1 is 1.43 bits per heavy atom. The summed E-state index contributed by atoms with van der Waals surface area (Å²) in [4.78, 5) is 18.4. The van der Waals surface area contributed by atoms with E-state index in [1.54, 1.807) is 29.5 Å². The number of carbonyl (C=O) groups is 1. The van der Waals surface area contributed by atoms with Gasteiger partial charge in [0, 0.05) is 44.7 Å². The first-order valence-corrected chi connectivity index (χ1v) is 8.61. The van der Waals surface area contributed by atoms with Gasteiger partial charge in [0.1, 0.15) is 11.9 Å². The van der Waals surface area contributed by atoms with Crippen molar-refractivity contribution in [2.75, 3.05) is 18.8 Å². The lowest BCUT2D eigenvalue weighted by molar-refractivity contribution is 0.0518. The Morgan fingerprint density at radius 2 is 2.30 bits per heavy atom. The van der Waals surface area contributed by atoms with Crippen LogP contribution in [0.2, 0.25) is 0 Å². The fourth-order valence-electron chi connectivity index (χ4n) is 3.22. The molecule has 1 unspecified atom stereocenters. The molecule has 120 valence electrons. The molecule has 4 heterocycles. The maximum Gasteiger partial charge on any atom is 0.257 e. The molecule has 0 N–H and O–H groups in total. The number of ether oxygens (including phenoxy) is 1. The van der Waals surface area contributed by atoms with Crippen molar-refractivity contribution in [1.82, 2.24) is 19.7 Å². The molecule has 2 aliphatic rings. The number of thioether (sulfide) groups is 1. The summed E-state index contributed by atoms with van der Waals surface area (Å²) in [5.41, 5.74) is 0.661. The van der Waals surface area contributed by atoms with Crippen molar-refractivity contribution in [3.05, 3.63) is 42.5 Å². The molecule has 1 amide bonds. The van der Waals surface area contributed by atoms with Gasteiger partial charge in [0.15, 0.2) is 0 Å². The van der Waals surface area contributed by atoms with Crippen LogP contribution in [0, 0.1) is 0 Å². The molecule has 4 rings (SSSR count). The van der Waals surface area contributed by atoms with Gasteiger partial charge in [0.2, 0.25) is 0 Å². The topological polar surface area (TPSA) is 60.2 Å². The molecule has 1 atom stereocenters. The zero-order valence-electron chi connectivity index (χ0n) is 12.9. The summed E-state index contributed by atoms with van der Waals surface area (Å²) in [5.74, 6) is 1.85. The highest BCUT2D eigenvalue weighted by atomic mass is 32.2. The minimum absolute atomic E-state index is 0.0703. The van der Waals surface area contributed by atoms with Gasteiger partial charge in [-0.15, -0.1) is 11.8 Å². The van der Waals surface area contributed by atoms with Crippen molar-refractivity contribution < 1.29 is 9.53 Å². The number of aromatic nitrogens is 3. The second-order valence-corrected chi connectivity index (χ2v) is 7.68. The molecule has 0 radical (unpaired) electrons. The minimum Gasteiger partial charge on any atom is -0.488 e. The summed E-state index contributed by atoms with van der Waals surface area (Å²) in [6.45, 7) is 1.58. The quantitative estimate of drug-likeness (QED) is 0.855. The van der Waals surface area contributed by atoms with E-state index in [9.17, 15) is 4.79 Å². The van der Waals surface area contributed by atoms with Crippen molar-refractivity contribution in [3.63, 3.8) is 0 Å². The Morgan fingerprint density at radius 3 is 3.00 bits per heavy atom. The number of rotatable bonds is 3. The summed E-state index contributed by atoms with van der Waals surface area (Å²) in [7, 11) is 1.82. The lowest BCUT2D eigenvalue weighted by Gasteiger charge is -2.47. The van der Waals surface area contributed by atoms with E-state index in [4.69, 9.17) is 4.74 Å². The second-order valence-electron chi connectivity index (χ2n) is 6.19. The molecular formula is C16H18N4O2S. The maximum absolute atomic E-state index is 12.4. The Kier molecular flexibility index (Phi) is 3.52. The molecular weight excluding hydrogens is 312 g/mol. The number of hydrogen-bond acceptors (Lipinski definition) is 5. The molecule has 1 spiro atoms. The van der Waals surface area contributed by atoms with Gasteiger partial charge in [-0.1, -0.05) is 0 Å². The van der Waals surface area contributed by atoms with E-state index >= 15 is 0 Å². The summed E-state index contributed by atoms with van der Waals surface area (Å²) >= 11 is 1.92. The predicted octanol–water partition coefficient (Wildman–Crippen LogP) is 1.59. The second kappa shape index (κ2) is 5.56. The van der Waals surface area contributed by atoms with Gasteiger partial charge in [-0.25, -0.2) is 0 Å². The Hall–Kier alpha value is -2.02. The van der Waals surface area contributed by atoms with Crippen LogP contribution in [0.15, 0.2) is 36.9 Å². The van der Waals surface area contributed by atoms with Crippen LogP contribution in [0.1, 0.15) is 16.8 Å². The molecule has 2 aromatic rings. The molecule has 23 heavy (non-hydrogen) atoms. The highest BCUT2D eigenvalue weighted by molar-refractivity contribution is 8.01. The first kappa shape index (κ1) is 14.6. The molecule has 6 nitrogen and oxygen atoms in total. The third-order valence-corrected chi connectivity index (χ3v) is 5.89. The van der Waals surface area contributed by atoms with Gasteiger partial charge in [-0.3, -0.25) is 14.5 Å². The van der Waals surface area contributed by atoms with Crippen molar-refractivity contribution in [3.8, 4) is 5.75 Å². The lowest BCUT2D eigenvalue weighted by atomic mass is 9.92. The van der Waals surface area contributed by atoms with E-state index in [1.807, 2.05) is 35.8 Å². The molecule has 2 fully saturated rings. The van der Waals surface area contributed by atoms with Crippen LogP contribution in [-0.2, 0) is 7.05 Å². The molecule has 7 heteroatoms. The summed E-state index contributed by atoms with van der Waals surface area (Å²) in [6.07, 6.45) is 8.05. The number of amides is 1. The molecule has 0 bridgehead atoms. The van der Waals surface area contributed by atoms with E-state index in [0.717, 1.165) is 31.0 Å². The van der Waals surface area contributed by atoms with Crippen molar-refractivity contribution in [1.29, 1.82) is 0 Å². The molecule has 0 saturated carbocycles. The third kappa shape index (κ3) is 2.81. The largest absolute Gasteiger partial charge is 0.488 e. The third-order valence-electron chi connectivity index (χ3n) is 4.31. The fourth-order valence-corrected chi connectivity index (χ4v) is 4.74. The first-order valence-electron chi connectivity index (χ1n) is 7.62. The Balaban J connectivity index is 1.33. The van der Waals surface area contributed by atoms with Gasteiger partial charge in [-0.2, -0.15) is 5.10 Å². The van der Waals surface area contributed by atoms with E-state index < -0.39 is 0 Å². The van der Waals surface area contributed by atoms with Crippen LogP contribution in [0.25, 0.3) is 0 Å². The van der Waals surface area contributed by atoms with E-state index in [-0.39, 0.29) is 16.8 Å². The lowest BCUT2D eigenvalue weighted by Crippen LogP contribution is -2.60. The maximum atomic E-state index is 12.4. The van der Waals surface area contributed by atoms with Gasteiger partial charge >= 0.3 is 0 Å². The Labute approximate surface area is 138 Å². The smallest absolute Gasteiger partial charge is 0.257 e. The van der Waals surface area contributed by atoms with Crippen LogP contribution in [0.3, 0.4) is 0 Å². The number of nitrogens with zero attached hydrogens (tertiary/aromatic N) is 4. The van der Waals surface area contributed by atoms with Crippen LogP contribution in [0.4, 0.5) is 0 Å². The van der Waals surface area contributed by atoms with Crippen molar-refractivity contribution >= 4 is 17.7 Å². The highest BCUT2D eigenvalue weighted by Gasteiger charge is 2.51. The molecule has 0 aliphatic carbocycles. The van der Waals surface area contributed by atoms with Crippen LogP contribution < -0.4 is 4.74 Å². The number of likely N-dealkylation sites (tertiary alicyclic amines) is 1. The molecule has 0 aromatic carbocycles. The van der Waals surface area contributed by atoms with Gasteiger partial charge in [-0.05, 0) is 12.1 Å². The van der Waals surface area contributed by atoms with Gasteiger partial charge in [0.25, 0.3) is 5.91 Å². The average molecular weight is 330 g/mol. The van der Waals surface area contributed by atoms with Crippen molar-refractivity contribution in [2.24, 2.45) is 7.05 Å². The van der Waals surface area contributed by atoms with Crippen LogP contribution in [0.5, 0.6) is 5.75 Å².